The Morgan fingerprint density at radius 1 is 1.26 bits per heavy atom. The minimum absolute atomic E-state index is 0.0427. The fourth-order valence-corrected chi connectivity index (χ4v) is 2.88. The van der Waals surface area contributed by atoms with Crippen molar-refractivity contribution in [1.29, 1.82) is 0 Å². The van der Waals surface area contributed by atoms with Gasteiger partial charge in [-0.3, -0.25) is 0 Å². The molecule has 1 N–H and O–H groups in total. The number of benzene rings is 1. The monoisotopic (exact) mass is 336 g/mol. The lowest BCUT2D eigenvalue weighted by atomic mass is 10.3. The molecule has 0 bridgehead atoms. The van der Waals surface area contributed by atoms with Gasteiger partial charge in [-0.05, 0) is 26.0 Å². The molecule has 0 spiro atoms. The van der Waals surface area contributed by atoms with Gasteiger partial charge in [0.1, 0.15) is 16.4 Å². The summed E-state index contributed by atoms with van der Waals surface area (Å²) in [6, 6.07) is 5.93. The van der Waals surface area contributed by atoms with Gasteiger partial charge in [0, 0.05) is 5.56 Å². The summed E-state index contributed by atoms with van der Waals surface area (Å²) in [6.07, 6.45) is 2.35. The van der Waals surface area contributed by atoms with Gasteiger partial charge >= 0.3 is 0 Å². The van der Waals surface area contributed by atoms with Crippen molar-refractivity contribution in [2.24, 2.45) is 0 Å². The van der Waals surface area contributed by atoms with E-state index in [4.69, 9.17) is 4.52 Å². The van der Waals surface area contributed by atoms with Crippen LogP contribution in [0.5, 0.6) is 0 Å². The van der Waals surface area contributed by atoms with Gasteiger partial charge in [0.05, 0.1) is 18.1 Å². The van der Waals surface area contributed by atoms with Crippen LogP contribution in [0.3, 0.4) is 0 Å². The van der Waals surface area contributed by atoms with Crippen LogP contribution in [0.1, 0.15) is 11.3 Å². The highest BCUT2D eigenvalue weighted by atomic mass is 32.2. The first-order valence-electron chi connectivity index (χ1n) is 6.64. The molecule has 0 radical (unpaired) electrons. The van der Waals surface area contributed by atoms with Gasteiger partial charge in [0.25, 0.3) is 10.0 Å². The average Bonchev–Trinajstić information content (AvgIpc) is 3.11. The highest BCUT2D eigenvalue weighted by molar-refractivity contribution is 7.92. The quantitative estimate of drug-likeness (QED) is 0.790. The number of para-hydroxylation sites is 1. The zero-order valence-corrected chi connectivity index (χ0v) is 13.1. The van der Waals surface area contributed by atoms with E-state index in [2.05, 4.69) is 15.0 Å². The molecular weight excluding hydrogens is 323 g/mol. The molecule has 2 aromatic heterocycles. The predicted molar refractivity (Wildman–Crippen MR) is 80.3 cm³/mol. The van der Waals surface area contributed by atoms with E-state index in [1.54, 1.807) is 19.9 Å². The van der Waals surface area contributed by atoms with Crippen molar-refractivity contribution in [2.45, 2.75) is 18.7 Å². The molecule has 0 fully saturated rings. The maximum absolute atomic E-state index is 13.7. The lowest BCUT2D eigenvalue weighted by Crippen LogP contribution is -2.12. The van der Waals surface area contributed by atoms with E-state index in [1.807, 2.05) is 0 Å². The Balaban J connectivity index is 1.93. The molecule has 0 saturated heterocycles. The molecule has 0 amide bonds. The number of rotatable bonds is 4. The molecule has 0 aliphatic rings. The third kappa shape index (κ3) is 2.82. The largest absolute Gasteiger partial charge is 0.337 e. The Morgan fingerprint density at radius 2 is 2.00 bits per heavy atom. The lowest BCUT2D eigenvalue weighted by molar-refractivity contribution is 0.430. The van der Waals surface area contributed by atoms with Crippen LogP contribution in [-0.2, 0) is 10.0 Å². The van der Waals surface area contributed by atoms with Gasteiger partial charge in [0.15, 0.2) is 0 Å². The van der Waals surface area contributed by atoms with Crippen molar-refractivity contribution in [3.63, 3.8) is 0 Å². The molecule has 1 aromatic carbocycles. The second kappa shape index (κ2) is 5.51. The van der Waals surface area contributed by atoms with Crippen molar-refractivity contribution in [3.05, 3.63) is 53.7 Å². The molecule has 0 saturated carbocycles. The van der Waals surface area contributed by atoms with Crippen molar-refractivity contribution in [3.8, 4) is 5.69 Å². The normalized spacial score (nSPS) is 11.6. The lowest BCUT2D eigenvalue weighted by Gasteiger charge is -2.03. The summed E-state index contributed by atoms with van der Waals surface area (Å²) in [6.45, 7) is 3.39. The summed E-state index contributed by atoms with van der Waals surface area (Å²) in [5.41, 5.74) is 1.33. The summed E-state index contributed by atoms with van der Waals surface area (Å²) >= 11 is 0. The first kappa shape index (κ1) is 15.2. The number of anilines is 1. The number of aromatic nitrogens is 3. The van der Waals surface area contributed by atoms with Crippen LogP contribution in [0.4, 0.5) is 10.3 Å². The highest BCUT2D eigenvalue weighted by Gasteiger charge is 2.21. The Labute approximate surface area is 131 Å². The van der Waals surface area contributed by atoms with Crippen LogP contribution in [0.2, 0.25) is 0 Å². The molecule has 0 aliphatic heterocycles. The van der Waals surface area contributed by atoms with Crippen LogP contribution in [0, 0.1) is 19.7 Å². The second-order valence-corrected chi connectivity index (χ2v) is 6.58. The van der Waals surface area contributed by atoms with Gasteiger partial charge in [-0.1, -0.05) is 17.3 Å². The molecule has 120 valence electrons. The summed E-state index contributed by atoms with van der Waals surface area (Å²) in [5, 5.41) is 7.58. The number of halogens is 1. The van der Waals surface area contributed by atoms with E-state index in [9.17, 15) is 12.8 Å². The third-order valence-corrected chi connectivity index (χ3v) is 4.64. The maximum Gasteiger partial charge on any atom is 0.267 e. The molecule has 9 heteroatoms. The minimum atomic E-state index is -3.91. The van der Waals surface area contributed by atoms with Crippen molar-refractivity contribution < 1.29 is 17.3 Å². The van der Waals surface area contributed by atoms with E-state index in [-0.39, 0.29) is 16.5 Å². The second-order valence-electron chi connectivity index (χ2n) is 4.90. The van der Waals surface area contributed by atoms with Crippen LogP contribution in [0.25, 0.3) is 5.69 Å². The standard InChI is InChI=1S/C14H13FN4O3S/c1-9-10(2)17-22-14(9)18-23(20,21)11-7-16-19(8-11)13-6-4-3-5-12(13)15/h3-8,18H,1-2H3. The van der Waals surface area contributed by atoms with Gasteiger partial charge < -0.3 is 4.52 Å². The van der Waals surface area contributed by atoms with E-state index in [0.29, 0.717) is 11.3 Å². The molecule has 3 rings (SSSR count). The van der Waals surface area contributed by atoms with Crippen molar-refractivity contribution >= 4 is 15.9 Å². The smallest absolute Gasteiger partial charge is 0.267 e. The Morgan fingerprint density at radius 3 is 2.65 bits per heavy atom. The number of nitrogens with one attached hydrogen (secondary N) is 1. The van der Waals surface area contributed by atoms with Gasteiger partial charge in [0.2, 0.25) is 5.88 Å². The van der Waals surface area contributed by atoms with Gasteiger partial charge in [-0.25, -0.2) is 22.2 Å². The molecule has 0 atom stereocenters. The number of sulfonamides is 1. The van der Waals surface area contributed by atoms with Crippen LogP contribution in [0.15, 0.2) is 46.1 Å². The van der Waals surface area contributed by atoms with Crippen LogP contribution in [-0.4, -0.2) is 23.4 Å². The number of aryl methyl sites for hydroxylation is 1. The maximum atomic E-state index is 13.7. The third-order valence-electron chi connectivity index (χ3n) is 3.35. The zero-order chi connectivity index (χ0) is 16.6. The van der Waals surface area contributed by atoms with Crippen molar-refractivity contribution in [2.75, 3.05) is 4.72 Å². The molecule has 0 aliphatic carbocycles. The van der Waals surface area contributed by atoms with E-state index in [0.717, 1.165) is 10.9 Å². The summed E-state index contributed by atoms with van der Waals surface area (Å²) in [4.78, 5) is -0.116. The SMILES string of the molecule is Cc1noc(NS(=O)(=O)c2cnn(-c3ccccc3F)c2)c1C. The first-order chi connectivity index (χ1) is 10.9. The van der Waals surface area contributed by atoms with Crippen molar-refractivity contribution in [1.82, 2.24) is 14.9 Å². The summed E-state index contributed by atoms with van der Waals surface area (Å²) in [7, 11) is -3.91. The zero-order valence-electron chi connectivity index (χ0n) is 12.3. The first-order valence-corrected chi connectivity index (χ1v) is 8.12. The van der Waals surface area contributed by atoms with E-state index in [1.165, 1.54) is 24.4 Å². The van der Waals surface area contributed by atoms with Gasteiger partial charge in [-0.15, -0.1) is 0 Å². The fourth-order valence-electron chi connectivity index (χ4n) is 1.91. The molecule has 0 unspecified atom stereocenters. The highest BCUT2D eigenvalue weighted by Crippen LogP contribution is 2.22. The number of hydrogen-bond donors (Lipinski definition) is 1. The molecule has 3 aromatic rings. The van der Waals surface area contributed by atoms with Crippen LogP contribution >= 0.6 is 0 Å². The van der Waals surface area contributed by atoms with Crippen LogP contribution < -0.4 is 4.72 Å². The average molecular weight is 336 g/mol. The summed E-state index contributed by atoms with van der Waals surface area (Å²) in [5.74, 6) is -0.463. The topological polar surface area (TPSA) is 90.0 Å². The summed E-state index contributed by atoms with van der Waals surface area (Å²) < 4.78 is 46.8. The molecule has 2 heterocycles. The predicted octanol–water partition coefficient (Wildman–Crippen LogP) is 2.42. The number of hydrogen-bond acceptors (Lipinski definition) is 5. The van der Waals surface area contributed by atoms with Gasteiger partial charge in [-0.2, -0.15) is 5.10 Å². The Bertz CT molecular complexity index is 962. The van der Waals surface area contributed by atoms with E-state index >= 15 is 0 Å². The molecule has 7 nitrogen and oxygen atoms in total. The Kier molecular flexibility index (Phi) is 3.64. The fraction of sp³-hybridized carbons (Fsp3) is 0.143. The molecule has 23 heavy (non-hydrogen) atoms. The Hall–Kier alpha value is -2.68. The van der Waals surface area contributed by atoms with E-state index < -0.39 is 15.8 Å². The molecular formula is C14H13FN4O3S. The minimum Gasteiger partial charge on any atom is -0.337 e. The number of nitrogens with zero attached hydrogens (tertiary/aromatic N) is 3.